The van der Waals surface area contributed by atoms with Crippen molar-refractivity contribution in [3.63, 3.8) is 0 Å². The fourth-order valence-corrected chi connectivity index (χ4v) is 4.33. The average molecular weight is 421 g/mol. The Morgan fingerprint density at radius 2 is 1.87 bits per heavy atom. The lowest BCUT2D eigenvalue weighted by Crippen LogP contribution is -2.30. The number of halogens is 1. The van der Waals surface area contributed by atoms with Gasteiger partial charge in [0.15, 0.2) is 5.69 Å². The van der Waals surface area contributed by atoms with Gasteiger partial charge in [-0.15, -0.1) is 5.10 Å². The molecule has 8 heteroatoms. The first-order valence-corrected chi connectivity index (χ1v) is 10.2. The van der Waals surface area contributed by atoms with Crippen LogP contribution in [0.1, 0.15) is 53.2 Å². The Morgan fingerprint density at radius 3 is 2.57 bits per heavy atom. The van der Waals surface area contributed by atoms with Gasteiger partial charge in [-0.25, -0.2) is 9.67 Å². The Hall–Kier alpha value is -3.19. The second-order valence-corrected chi connectivity index (χ2v) is 8.39. The highest BCUT2D eigenvalue weighted by Gasteiger charge is 2.43. The van der Waals surface area contributed by atoms with Crippen LogP contribution >= 0.6 is 11.6 Å². The molecule has 1 unspecified atom stereocenters. The van der Waals surface area contributed by atoms with Crippen LogP contribution in [0.4, 0.5) is 5.69 Å². The quantitative estimate of drug-likeness (QED) is 0.490. The molecule has 30 heavy (non-hydrogen) atoms. The largest absolute Gasteiger partial charge is 0.329 e. The molecule has 2 aromatic carbocycles. The highest BCUT2D eigenvalue weighted by Crippen LogP contribution is 2.43. The highest BCUT2D eigenvalue weighted by molar-refractivity contribution is 6.30. The number of rotatable bonds is 3. The van der Waals surface area contributed by atoms with Gasteiger partial charge in [0.05, 0.1) is 17.5 Å². The van der Waals surface area contributed by atoms with E-state index in [1.165, 1.54) is 0 Å². The number of amides is 1. The zero-order chi connectivity index (χ0) is 21.2. The van der Waals surface area contributed by atoms with Gasteiger partial charge in [-0.3, -0.25) is 9.69 Å². The summed E-state index contributed by atoms with van der Waals surface area (Å²) in [5, 5.41) is 9.02. The maximum Gasteiger partial charge on any atom is 0.279 e. The molecule has 3 heterocycles. The molecule has 0 aliphatic carbocycles. The SMILES string of the molecule is Cc1cc(N2C(=O)c3ncn(C(C)C)c3C2c2ccc(Cl)cc2)cc2c1nnn2C. The van der Waals surface area contributed by atoms with E-state index in [9.17, 15) is 4.79 Å². The van der Waals surface area contributed by atoms with Gasteiger partial charge < -0.3 is 4.57 Å². The molecule has 0 fully saturated rings. The minimum atomic E-state index is -0.298. The molecule has 0 radical (unpaired) electrons. The number of nitrogens with zero attached hydrogens (tertiary/aromatic N) is 6. The summed E-state index contributed by atoms with van der Waals surface area (Å²) in [4.78, 5) is 19.8. The molecule has 152 valence electrons. The summed E-state index contributed by atoms with van der Waals surface area (Å²) in [6, 6.07) is 11.5. The van der Waals surface area contributed by atoms with Crippen LogP contribution in [0, 0.1) is 6.92 Å². The van der Waals surface area contributed by atoms with Gasteiger partial charge in [-0.2, -0.15) is 0 Å². The predicted octanol–water partition coefficient (Wildman–Crippen LogP) is 4.46. The van der Waals surface area contributed by atoms with E-state index >= 15 is 0 Å². The van der Waals surface area contributed by atoms with Crippen molar-refractivity contribution in [2.24, 2.45) is 7.05 Å². The number of aromatic nitrogens is 5. The molecular formula is C22H21ClN6O. The molecule has 1 atom stereocenters. The van der Waals surface area contributed by atoms with Gasteiger partial charge in [-0.05, 0) is 56.2 Å². The third-order valence-electron chi connectivity index (χ3n) is 5.68. The monoisotopic (exact) mass is 420 g/mol. The van der Waals surface area contributed by atoms with Gasteiger partial charge >= 0.3 is 0 Å². The summed E-state index contributed by atoms with van der Waals surface area (Å²) >= 11 is 6.14. The molecule has 5 rings (SSSR count). The Bertz CT molecular complexity index is 1290. The fraction of sp³-hybridized carbons (Fsp3) is 0.273. The highest BCUT2D eigenvalue weighted by atomic mass is 35.5. The molecule has 7 nitrogen and oxygen atoms in total. The van der Waals surface area contributed by atoms with Crippen molar-refractivity contribution in [3.05, 3.63) is 70.3 Å². The van der Waals surface area contributed by atoms with E-state index in [2.05, 4.69) is 33.7 Å². The summed E-state index contributed by atoms with van der Waals surface area (Å²) in [5.74, 6) is -0.113. The van der Waals surface area contributed by atoms with Crippen molar-refractivity contribution < 1.29 is 4.79 Å². The lowest BCUT2D eigenvalue weighted by atomic mass is 10.0. The van der Waals surface area contributed by atoms with E-state index < -0.39 is 0 Å². The Kier molecular flexibility index (Phi) is 4.18. The molecule has 1 aliphatic rings. The molecule has 0 bridgehead atoms. The smallest absolute Gasteiger partial charge is 0.279 e. The maximum atomic E-state index is 13.5. The maximum absolute atomic E-state index is 13.5. The van der Waals surface area contributed by atoms with Crippen LogP contribution in [-0.4, -0.2) is 30.5 Å². The molecule has 2 aromatic heterocycles. The molecule has 1 amide bonds. The number of carbonyl (C=O) groups excluding carboxylic acids is 1. The molecule has 4 aromatic rings. The topological polar surface area (TPSA) is 68.8 Å². The van der Waals surface area contributed by atoms with Crippen LogP contribution in [-0.2, 0) is 7.05 Å². The van der Waals surface area contributed by atoms with E-state index in [-0.39, 0.29) is 18.0 Å². The normalized spacial score (nSPS) is 16.1. The standard InChI is InChI=1S/C22H21ClN6O/c1-12(2)28-11-24-19-21(28)20(14-5-7-15(23)8-6-14)29(22(19)30)16-9-13(3)18-17(10-16)27(4)26-25-18/h5-12,20H,1-4H3. The zero-order valence-corrected chi connectivity index (χ0v) is 17.9. The van der Waals surface area contributed by atoms with Crippen molar-refractivity contribution in [1.82, 2.24) is 24.5 Å². The van der Waals surface area contributed by atoms with Crippen molar-refractivity contribution in [3.8, 4) is 0 Å². The predicted molar refractivity (Wildman–Crippen MR) is 116 cm³/mol. The van der Waals surface area contributed by atoms with Crippen molar-refractivity contribution in [1.29, 1.82) is 0 Å². The van der Waals surface area contributed by atoms with Crippen LogP contribution in [0.25, 0.3) is 11.0 Å². The summed E-state index contributed by atoms with van der Waals surface area (Å²) in [7, 11) is 1.85. The Labute approximate surface area is 178 Å². The fourth-order valence-electron chi connectivity index (χ4n) is 4.21. The average Bonchev–Trinajstić information content (AvgIpc) is 3.37. The Morgan fingerprint density at radius 1 is 1.13 bits per heavy atom. The van der Waals surface area contributed by atoms with E-state index in [1.54, 1.807) is 11.0 Å². The minimum absolute atomic E-state index is 0.113. The first kappa shape index (κ1) is 18.8. The van der Waals surface area contributed by atoms with Gasteiger partial charge in [0.2, 0.25) is 0 Å². The van der Waals surface area contributed by atoms with Crippen molar-refractivity contribution in [2.45, 2.75) is 32.9 Å². The molecule has 1 aliphatic heterocycles. The molecule has 0 N–H and O–H groups in total. The number of aryl methyl sites for hydroxylation is 2. The van der Waals surface area contributed by atoms with Crippen molar-refractivity contribution >= 4 is 34.2 Å². The molecule has 0 spiro atoms. The lowest BCUT2D eigenvalue weighted by molar-refractivity contribution is 0.0989. The van der Waals surface area contributed by atoms with Crippen LogP contribution in [0.2, 0.25) is 5.02 Å². The number of benzene rings is 2. The zero-order valence-electron chi connectivity index (χ0n) is 17.2. The van der Waals surface area contributed by atoms with Gasteiger partial charge in [0.25, 0.3) is 5.91 Å². The van der Waals surface area contributed by atoms with Crippen LogP contribution in [0.5, 0.6) is 0 Å². The van der Waals surface area contributed by atoms with Crippen LogP contribution < -0.4 is 4.90 Å². The first-order chi connectivity index (χ1) is 14.4. The van der Waals surface area contributed by atoms with E-state index in [0.717, 1.165) is 33.5 Å². The molecule has 0 saturated heterocycles. The van der Waals surface area contributed by atoms with E-state index in [4.69, 9.17) is 11.6 Å². The van der Waals surface area contributed by atoms with Crippen molar-refractivity contribution in [2.75, 3.05) is 4.90 Å². The minimum Gasteiger partial charge on any atom is -0.329 e. The third-order valence-corrected chi connectivity index (χ3v) is 5.94. The van der Waals surface area contributed by atoms with Gasteiger partial charge in [-0.1, -0.05) is 28.9 Å². The number of anilines is 1. The first-order valence-electron chi connectivity index (χ1n) is 9.82. The van der Waals surface area contributed by atoms with Crippen LogP contribution in [0.3, 0.4) is 0 Å². The number of imidazole rings is 1. The second kappa shape index (κ2) is 6.67. The van der Waals surface area contributed by atoms with Gasteiger partial charge in [0, 0.05) is 23.8 Å². The van der Waals surface area contributed by atoms with Gasteiger partial charge in [0.1, 0.15) is 11.6 Å². The molecular weight excluding hydrogens is 400 g/mol. The summed E-state index contributed by atoms with van der Waals surface area (Å²) < 4.78 is 3.80. The van der Waals surface area contributed by atoms with E-state index in [1.807, 2.05) is 55.3 Å². The third kappa shape index (κ3) is 2.65. The summed E-state index contributed by atoms with van der Waals surface area (Å²) in [6.45, 7) is 6.16. The number of hydrogen-bond donors (Lipinski definition) is 0. The number of hydrogen-bond acceptors (Lipinski definition) is 4. The number of fused-ring (bicyclic) bond motifs is 2. The Balaban J connectivity index is 1.75. The lowest BCUT2D eigenvalue weighted by Gasteiger charge is -2.28. The van der Waals surface area contributed by atoms with Crippen LogP contribution in [0.15, 0.2) is 42.7 Å². The second-order valence-electron chi connectivity index (χ2n) is 7.95. The number of carbonyl (C=O) groups is 1. The summed E-state index contributed by atoms with van der Waals surface area (Å²) in [6.07, 6.45) is 1.76. The summed E-state index contributed by atoms with van der Waals surface area (Å²) in [5.41, 5.74) is 5.85. The molecule has 0 saturated carbocycles. The van der Waals surface area contributed by atoms with E-state index in [0.29, 0.717) is 10.7 Å².